The number of aromatic nitrogens is 2. The summed E-state index contributed by atoms with van der Waals surface area (Å²) in [6.45, 7) is 7.43. The fraction of sp³-hybridized carbons (Fsp3) is 0.364. The molecule has 0 saturated carbocycles. The van der Waals surface area contributed by atoms with E-state index in [2.05, 4.69) is 9.97 Å². The van der Waals surface area contributed by atoms with E-state index >= 15 is 0 Å². The van der Waals surface area contributed by atoms with E-state index < -0.39 is 5.97 Å². The molecule has 0 atom stereocenters. The molecule has 0 N–H and O–H groups in total. The number of piperazine rings is 1. The number of nitrogens with zero attached hydrogens (tertiary/aromatic N) is 4. The number of rotatable bonds is 4. The average Bonchev–Trinajstić information content (AvgIpc) is 3.11. The van der Waals surface area contributed by atoms with Crippen molar-refractivity contribution >= 4 is 51.9 Å². The number of esters is 1. The normalized spacial score (nSPS) is 14.2. The highest BCUT2D eigenvalue weighted by Crippen LogP contribution is 2.29. The quantitative estimate of drug-likeness (QED) is 0.518. The van der Waals surface area contributed by atoms with E-state index in [1.54, 1.807) is 36.9 Å². The molecule has 0 radical (unpaired) electrons. The number of carbonyl (C=O) groups excluding carboxylic acids is 2. The van der Waals surface area contributed by atoms with Gasteiger partial charge in [-0.25, -0.2) is 14.8 Å². The Balaban J connectivity index is 1.62. The minimum Gasteiger partial charge on any atom is -0.466 e. The predicted octanol–water partition coefficient (Wildman–Crippen LogP) is 4.29. The van der Waals surface area contributed by atoms with Crippen LogP contribution in [0, 0.1) is 13.8 Å². The molecule has 8 nitrogen and oxygen atoms in total. The molecule has 0 bridgehead atoms. The third-order valence-corrected chi connectivity index (χ3v) is 6.02. The van der Waals surface area contributed by atoms with Crippen molar-refractivity contribution in [1.29, 1.82) is 0 Å². The molecule has 4 rings (SSSR count). The zero-order chi connectivity index (χ0) is 23.0. The van der Waals surface area contributed by atoms with Crippen LogP contribution in [0.2, 0.25) is 10.0 Å². The first kappa shape index (κ1) is 22.4. The maximum Gasteiger partial charge on any atom is 0.360 e. The zero-order valence-electron chi connectivity index (χ0n) is 17.9. The second-order valence-electron chi connectivity index (χ2n) is 7.48. The number of aryl methyl sites for hydroxylation is 2. The summed E-state index contributed by atoms with van der Waals surface area (Å²) in [5.41, 5.74) is 1.65. The first-order chi connectivity index (χ1) is 15.3. The van der Waals surface area contributed by atoms with Gasteiger partial charge < -0.3 is 19.0 Å². The van der Waals surface area contributed by atoms with Crippen molar-refractivity contribution in [3.05, 3.63) is 51.0 Å². The van der Waals surface area contributed by atoms with Crippen LogP contribution in [0.25, 0.3) is 11.0 Å². The molecule has 0 unspecified atom stereocenters. The fourth-order valence-electron chi connectivity index (χ4n) is 3.73. The maximum atomic E-state index is 12.9. The molecule has 10 heteroatoms. The highest BCUT2D eigenvalue weighted by molar-refractivity contribution is 6.42. The number of furan rings is 1. The molecule has 2 aromatic heterocycles. The average molecular weight is 477 g/mol. The SMILES string of the molecule is CCOC(=O)c1nc2cc(Cl)c(Cl)cc2nc1N1CCN(C(=O)c2cc(C)oc2C)CC1. The largest absolute Gasteiger partial charge is 0.466 e. The lowest BCUT2D eigenvalue weighted by Gasteiger charge is -2.35. The van der Waals surface area contributed by atoms with Crippen molar-refractivity contribution in [2.24, 2.45) is 0 Å². The maximum absolute atomic E-state index is 12.9. The van der Waals surface area contributed by atoms with Gasteiger partial charge in [-0.2, -0.15) is 0 Å². The Hall–Kier alpha value is -2.84. The van der Waals surface area contributed by atoms with Crippen LogP contribution >= 0.6 is 23.2 Å². The number of anilines is 1. The number of benzene rings is 1. The first-order valence-electron chi connectivity index (χ1n) is 10.2. The summed E-state index contributed by atoms with van der Waals surface area (Å²) in [5.74, 6) is 1.07. The van der Waals surface area contributed by atoms with Crippen molar-refractivity contribution in [1.82, 2.24) is 14.9 Å². The lowest BCUT2D eigenvalue weighted by molar-refractivity contribution is 0.0519. The van der Waals surface area contributed by atoms with E-state index in [1.807, 2.05) is 11.8 Å². The van der Waals surface area contributed by atoms with Crippen molar-refractivity contribution in [3.8, 4) is 0 Å². The van der Waals surface area contributed by atoms with Gasteiger partial charge in [-0.15, -0.1) is 0 Å². The van der Waals surface area contributed by atoms with Gasteiger partial charge in [-0.05, 0) is 39.0 Å². The van der Waals surface area contributed by atoms with Gasteiger partial charge in [-0.1, -0.05) is 23.2 Å². The Morgan fingerprint density at radius 2 is 1.66 bits per heavy atom. The van der Waals surface area contributed by atoms with E-state index in [4.69, 9.17) is 32.4 Å². The van der Waals surface area contributed by atoms with Gasteiger partial charge in [0.1, 0.15) is 11.5 Å². The molecular formula is C22H22Cl2N4O4. The minimum atomic E-state index is -0.564. The van der Waals surface area contributed by atoms with Crippen molar-refractivity contribution in [2.75, 3.05) is 37.7 Å². The van der Waals surface area contributed by atoms with Crippen molar-refractivity contribution in [2.45, 2.75) is 20.8 Å². The predicted molar refractivity (Wildman–Crippen MR) is 122 cm³/mol. The third kappa shape index (κ3) is 4.25. The molecule has 3 aromatic rings. The molecule has 0 spiro atoms. The molecule has 1 saturated heterocycles. The highest BCUT2D eigenvalue weighted by atomic mass is 35.5. The summed E-state index contributed by atoms with van der Waals surface area (Å²) in [7, 11) is 0. The molecule has 168 valence electrons. The van der Waals surface area contributed by atoms with Gasteiger partial charge in [0.2, 0.25) is 0 Å². The fourth-order valence-corrected chi connectivity index (χ4v) is 4.05. The molecular weight excluding hydrogens is 455 g/mol. The summed E-state index contributed by atoms with van der Waals surface area (Å²) in [6, 6.07) is 4.95. The van der Waals surface area contributed by atoms with Gasteiger partial charge in [-0.3, -0.25) is 4.79 Å². The van der Waals surface area contributed by atoms with Crippen LogP contribution < -0.4 is 4.90 Å². The number of ether oxygens (including phenoxy) is 1. The molecule has 32 heavy (non-hydrogen) atoms. The molecule has 1 aliphatic heterocycles. The van der Waals surface area contributed by atoms with Crippen LogP contribution in [0.5, 0.6) is 0 Å². The summed E-state index contributed by atoms with van der Waals surface area (Å²) >= 11 is 12.3. The van der Waals surface area contributed by atoms with Crippen LogP contribution in [-0.4, -0.2) is 59.5 Å². The van der Waals surface area contributed by atoms with Gasteiger partial charge in [0.15, 0.2) is 11.5 Å². The Kier molecular flexibility index (Phi) is 6.26. The second kappa shape index (κ2) is 8.96. The lowest BCUT2D eigenvalue weighted by Crippen LogP contribution is -2.49. The Bertz CT molecular complexity index is 1200. The molecule has 1 aliphatic rings. The standard InChI is InChI=1S/C22H22Cl2N4O4/c1-4-31-22(30)19-20(26-18-11-16(24)15(23)10-17(18)25-19)27-5-7-28(8-6-27)21(29)14-9-12(2)32-13(14)3/h9-11H,4-8H2,1-3H3. The van der Waals surface area contributed by atoms with Crippen LogP contribution in [0.3, 0.4) is 0 Å². The van der Waals surface area contributed by atoms with Gasteiger partial charge in [0.05, 0.1) is 33.2 Å². The Morgan fingerprint density at radius 1 is 1.03 bits per heavy atom. The van der Waals surface area contributed by atoms with E-state index in [1.165, 1.54) is 0 Å². The number of fused-ring (bicyclic) bond motifs is 1. The first-order valence-corrected chi connectivity index (χ1v) is 11.0. The third-order valence-electron chi connectivity index (χ3n) is 5.29. The summed E-state index contributed by atoms with van der Waals surface area (Å²) < 4.78 is 10.7. The molecule has 1 fully saturated rings. The van der Waals surface area contributed by atoms with Gasteiger partial charge in [0, 0.05) is 26.2 Å². The summed E-state index contributed by atoms with van der Waals surface area (Å²) in [5, 5.41) is 0.678. The topological polar surface area (TPSA) is 88.8 Å². The second-order valence-corrected chi connectivity index (χ2v) is 8.29. The number of amides is 1. The Morgan fingerprint density at radius 3 is 2.22 bits per heavy atom. The smallest absolute Gasteiger partial charge is 0.360 e. The van der Waals surface area contributed by atoms with Gasteiger partial charge in [0.25, 0.3) is 5.91 Å². The van der Waals surface area contributed by atoms with Crippen molar-refractivity contribution in [3.63, 3.8) is 0 Å². The zero-order valence-corrected chi connectivity index (χ0v) is 19.5. The number of carbonyl (C=O) groups is 2. The van der Waals surface area contributed by atoms with E-state index in [0.717, 1.165) is 0 Å². The molecule has 0 aliphatic carbocycles. The Labute approximate surface area is 195 Å². The van der Waals surface area contributed by atoms with E-state index in [0.29, 0.717) is 70.2 Å². The van der Waals surface area contributed by atoms with E-state index in [9.17, 15) is 9.59 Å². The number of hydrogen-bond donors (Lipinski definition) is 0. The van der Waals surface area contributed by atoms with Crippen LogP contribution in [0.15, 0.2) is 22.6 Å². The number of halogens is 2. The monoisotopic (exact) mass is 476 g/mol. The molecule has 1 aromatic carbocycles. The van der Waals surface area contributed by atoms with E-state index in [-0.39, 0.29) is 18.2 Å². The molecule has 1 amide bonds. The number of hydrogen-bond acceptors (Lipinski definition) is 7. The van der Waals surface area contributed by atoms with Crippen LogP contribution in [0.4, 0.5) is 5.82 Å². The summed E-state index contributed by atoms with van der Waals surface area (Å²) in [4.78, 5) is 38.3. The van der Waals surface area contributed by atoms with Crippen LogP contribution in [-0.2, 0) is 4.74 Å². The minimum absolute atomic E-state index is 0.0735. The highest BCUT2D eigenvalue weighted by Gasteiger charge is 2.29. The lowest BCUT2D eigenvalue weighted by atomic mass is 10.2. The summed E-state index contributed by atoms with van der Waals surface area (Å²) in [6.07, 6.45) is 0. The van der Waals surface area contributed by atoms with Crippen molar-refractivity contribution < 1.29 is 18.7 Å². The van der Waals surface area contributed by atoms with Crippen LogP contribution in [0.1, 0.15) is 39.3 Å². The molecule has 3 heterocycles. The van der Waals surface area contributed by atoms with Gasteiger partial charge >= 0.3 is 5.97 Å².